The van der Waals surface area contributed by atoms with E-state index < -0.39 is 5.97 Å². The van der Waals surface area contributed by atoms with Crippen LogP contribution in [0.25, 0.3) is 6.08 Å². The van der Waals surface area contributed by atoms with Crippen molar-refractivity contribution in [3.05, 3.63) is 35.9 Å². The Kier molecular flexibility index (Phi) is 4.90. The van der Waals surface area contributed by atoms with Crippen LogP contribution in [0.3, 0.4) is 0 Å². The van der Waals surface area contributed by atoms with Crippen molar-refractivity contribution in [3.63, 3.8) is 0 Å². The molecule has 0 heterocycles. The maximum absolute atomic E-state index is 11.7. The second kappa shape index (κ2) is 6.86. The lowest BCUT2D eigenvalue weighted by Crippen LogP contribution is -2.23. The van der Waals surface area contributed by atoms with Crippen LogP contribution < -0.4 is 10.6 Å². The lowest BCUT2D eigenvalue weighted by molar-refractivity contribution is -0.131. The fraction of sp³-hybridized carbons (Fsp3) is 0.333. The number of benzene rings is 1. The van der Waals surface area contributed by atoms with Crippen molar-refractivity contribution in [2.45, 2.75) is 25.3 Å². The topological polar surface area (TPSA) is 78.4 Å². The lowest BCUT2D eigenvalue weighted by Gasteiger charge is -2.06. The lowest BCUT2D eigenvalue weighted by atomic mass is 10.2. The zero-order valence-corrected chi connectivity index (χ0v) is 11.1. The highest BCUT2D eigenvalue weighted by molar-refractivity contribution is 5.91. The molecule has 1 aliphatic carbocycles. The molecule has 0 aliphatic heterocycles. The Hall–Kier alpha value is -2.14. The zero-order chi connectivity index (χ0) is 14.4. The summed E-state index contributed by atoms with van der Waals surface area (Å²) in [6, 6.07) is 7.69. The Balaban J connectivity index is 1.82. The van der Waals surface area contributed by atoms with Gasteiger partial charge in [-0.1, -0.05) is 12.1 Å². The molecule has 0 spiro atoms. The van der Waals surface area contributed by atoms with E-state index in [4.69, 9.17) is 5.11 Å². The molecule has 0 aromatic heterocycles. The van der Waals surface area contributed by atoms with E-state index in [2.05, 4.69) is 10.6 Å². The Morgan fingerprint density at radius 2 is 2.15 bits per heavy atom. The molecular formula is C15H18N2O3. The third-order valence-corrected chi connectivity index (χ3v) is 2.95. The molecule has 20 heavy (non-hydrogen) atoms. The maximum Gasteiger partial charge on any atom is 0.328 e. The van der Waals surface area contributed by atoms with Crippen molar-refractivity contribution in [1.29, 1.82) is 0 Å². The highest BCUT2D eigenvalue weighted by Crippen LogP contribution is 2.18. The zero-order valence-electron chi connectivity index (χ0n) is 11.1. The maximum atomic E-state index is 11.7. The van der Waals surface area contributed by atoms with Gasteiger partial charge in [0.1, 0.15) is 0 Å². The first-order chi connectivity index (χ1) is 9.63. The highest BCUT2D eigenvalue weighted by atomic mass is 16.4. The first-order valence-corrected chi connectivity index (χ1v) is 6.68. The number of carboxylic acids is 1. The quantitative estimate of drug-likeness (QED) is 0.663. The number of hydrogen-bond donors (Lipinski definition) is 3. The van der Waals surface area contributed by atoms with E-state index in [1.165, 1.54) is 18.9 Å². The smallest absolute Gasteiger partial charge is 0.328 e. The van der Waals surface area contributed by atoms with Gasteiger partial charge in [-0.15, -0.1) is 0 Å². The van der Waals surface area contributed by atoms with Gasteiger partial charge in [0, 0.05) is 30.8 Å². The number of nitrogens with one attached hydrogen (secondary N) is 2. The molecule has 1 aliphatic rings. The predicted molar refractivity (Wildman–Crippen MR) is 77.4 cm³/mol. The van der Waals surface area contributed by atoms with Crippen LogP contribution in [0.4, 0.5) is 5.69 Å². The van der Waals surface area contributed by atoms with E-state index in [1.807, 2.05) is 0 Å². The van der Waals surface area contributed by atoms with E-state index in [1.54, 1.807) is 24.3 Å². The molecule has 3 N–H and O–H groups in total. The normalized spacial score (nSPS) is 14.4. The van der Waals surface area contributed by atoms with Crippen molar-refractivity contribution >= 4 is 23.6 Å². The van der Waals surface area contributed by atoms with Crippen molar-refractivity contribution in [1.82, 2.24) is 5.32 Å². The van der Waals surface area contributed by atoms with Crippen LogP contribution in [0.1, 0.15) is 24.8 Å². The summed E-state index contributed by atoms with van der Waals surface area (Å²) in [7, 11) is 0. The van der Waals surface area contributed by atoms with E-state index in [0.29, 0.717) is 24.7 Å². The van der Waals surface area contributed by atoms with Gasteiger partial charge < -0.3 is 15.7 Å². The molecule has 1 fully saturated rings. The summed E-state index contributed by atoms with van der Waals surface area (Å²) in [4.78, 5) is 22.2. The summed E-state index contributed by atoms with van der Waals surface area (Å²) in [5, 5.41) is 14.7. The molecule has 1 aromatic carbocycles. The Bertz CT molecular complexity index is 522. The minimum absolute atomic E-state index is 0.0440. The molecule has 0 unspecified atom stereocenters. The number of carbonyl (C=O) groups excluding carboxylic acids is 1. The van der Waals surface area contributed by atoms with Crippen LogP contribution in [0.2, 0.25) is 0 Å². The van der Waals surface area contributed by atoms with Crippen molar-refractivity contribution in [2.24, 2.45) is 0 Å². The fourth-order valence-electron chi connectivity index (χ4n) is 1.79. The Labute approximate surface area is 117 Å². The monoisotopic (exact) mass is 274 g/mol. The third-order valence-electron chi connectivity index (χ3n) is 2.95. The van der Waals surface area contributed by atoms with Gasteiger partial charge in [0.25, 0.3) is 0 Å². The molecule has 1 saturated carbocycles. The summed E-state index contributed by atoms with van der Waals surface area (Å²) < 4.78 is 0. The van der Waals surface area contributed by atoms with E-state index in [9.17, 15) is 9.59 Å². The largest absolute Gasteiger partial charge is 0.478 e. The summed E-state index contributed by atoms with van der Waals surface area (Å²) in [5.41, 5.74) is 1.41. The van der Waals surface area contributed by atoms with Gasteiger partial charge in [-0.2, -0.15) is 0 Å². The molecule has 1 aromatic rings. The van der Waals surface area contributed by atoms with Crippen molar-refractivity contribution in [2.75, 3.05) is 11.9 Å². The number of rotatable bonds is 7. The average Bonchev–Trinajstić information content (AvgIpc) is 3.21. The van der Waals surface area contributed by atoms with Gasteiger partial charge >= 0.3 is 5.97 Å². The molecule has 2 rings (SSSR count). The van der Waals surface area contributed by atoms with Crippen molar-refractivity contribution in [3.8, 4) is 0 Å². The number of anilines is 1. The number of carbonyl (C=O) groups is 2. The molecule has 0 saturated heterocycles. The molecule has 5 heteroatoms. The average molecular weight is 274 g/mol. The van der Waals surface area contributed by atoms with Gasteiger partial charge in [0.15, 0.2) is 0 Å². The molecule has 106 valence electrons. The van der Waals surface area contributed by atoms with Crippen molar-refractivity contribution < 1.29 is 14.7 Å². The first kappa shape index (κ1) is 14.3. The highest BCUT2D eigenvalue weighted by Gasteiger charge is 2.20. The van der Waals surface area contributed by atoms with Crippen LogP contribution in [0.5, 0.6) is 0 Å². The second-order valence-electron chi connectivity index (χ2n) is 4.82. The summed E-state index contributed by atoms with van der Waals surface area (Å²) in [6.07, 6.45) is 5.41. The van der Waals surface area contributed by atoms with E-state index in [0.717, 1.165) is 11.6 Å². The van der Waals surface area contributed by atoms with E-state index >= 15 is 0 Å². The van der Waals surface area contributed by atoms with E-state index in [-0.39, 0.29) is 5.91 Å². The summed E-state index contributed by atoms with van der Waals surface area (Å²) in [5.74, 6) is -1.04. The van der Waals surface area contributed by atoms with Gasteiger partial charge in [-0.3, -0.25) is 4.79 Å². The van der Waals surface area contributed by atoms with Crippen LogP contribution in [-0.4, -0.2) is 29.6 Å². The predicted octanol–water partition coefficient (Wildman–Crippen LogP) is 1.86. The molecule has 0 radical (unpaired) electrons. The number of carboxylic acid groups (broad SMARTS) is 1. The van der Waals surface area contributed by atoms with Gasteiger partial charge in [0.05, 0.1) is 0 Å². The fourth-order valence-corrected chi connectivity index (χ4v) is 1.79. The van der Waals surface area contributed by atoms with Crippen LogP contribution in [0, 0.1) is 0 Å². The van der Waals surface area contributed by atoms with Gasteiger partial charge in [-0.25, -0.2) is 4.79 Å². The van der Waals surface area contributed by atoms with Gasteiger partial charge in [0.2, 0.25) is 5.91 Å². The van der Waals surface area contributed by atoms with Gasteiger partial charge in [-0.05, 0) is 36.6 Å². The Morgan fingerprint density at radius 1 is 1.35 bits per heavy atom. The first-order valence-electron chi connectivity index (χ1n) is 6.68. The second-order valence-corrected chi connectivity index (χ2v) is 4.82. The SMILES string of the molecule is O=C(O)/C=C/c1cccc(NC(=O)CCNC2CC2)c1. The Morgan fingerprint density at radius 3 is 2.85 bits per heavy atom. The van der Waals surface area contributed by atoms with Crippen LogP contribution in [-0.2, 0) is 9.59 Å². The number of hydrogen-bond acceptors (Lipinski definition) is 3. The standard InChI is InChI=1S/C15H18N2O3/c18-14(8-9-16-12-5-6-12)17-13-3-1-2-11(10-13)4-7-15(19)20/h1-4,7,10,12,16H,5-6,8-9H2,(H,17,18)(H,19,20)/b7-4+. The van der Waals surface area contributed by atoms with Crippen LogP contribution >= 0.6 is 0 Å². The summed E-state index contributed by atoms with van der Waals surface area (Å²) in [6.45, 7) is 0.690. The number of amides is 1. The summed E-state index contributed by atoms with van der Waals surface area (Å²) >= 11 is 0. The third kappa shape index (κ3) is 5.24. The molecule has 0 bridgehead atoms. The van der Waals surface area contributed by atoms with Crippen LogP contribution in [0.15, 0.2) is 30.3 Å². The number of aliphatic carboxylic acids is 1. The minimum atomic E-state index is -0.995. The minimum Gasteiger partial charge on any atom is -0.478 e. The molecule has 0 atom stereocenters. The molecule has 5 nitrogen and oxygen atoms in total. The molecular weight excluding hydrogens is 256 g/mol. The molecule has 1 amide bonds.